The summed E-state index contributed by atoms with van der Waals surface area (Å²) in [6, 6.07) is 6.49. The van der Waals surface area contributed by atoms with E-state index in [0.29, 0.717) is 17.6 Å². The zero-order chi connectivity index (χ0) is 19.0. The second kappa shape index (κ2) is 7.48. The largest absolute Gasteiger partial charge is 0.465 e. The van der Waals surface area contributed by atoms with Crippen LogP contribution in [0.4, 0.5) is 5.95 Å². The van der Waals surface area contributed by atoms with Gasteiger partial charge in [-0.3, -0.25) is 4.90 Å². The number of imidazole rings is 1. The Labute approximate surface area is 159 Å². The van der Waals surface area contributed by atoms with Crippen LogP contribution in [-0.4, -0.2) is 72.5 Å². The molecule has 7 heteroatoms. The zero-order valence-electron chi connectivity index (χ0n) is 16.4. The summed E-state index contributed by atoms with van der Waals surface area (Å²) in [5.74, 6) is 0.614. The van der Waals surface area contributed by atoms with E-state index in [1.807, 2.05) is 19.2 Å². The molecule has 2 aromatic rings. The molecule has 0 radical (unpaired) electrons. The third-order valence-corrected chi connectivity index (χ3v) is 5.80. The van der Waals surface area contributed by atoms with E-state index >= 15 is 0 Å². The topological polar surface area (TPSA) is 59.8 Å². The molecule has 27 heavy (non-hydrogen) atoms. The van der Waals surface area contributed by atoms with Crippen LogP contribution in [-0.2, 0) is 16.5 Å². The maximum absolute atomic E-state index is 11.8. The van der Waals surface area contributed by atoms with E-state index in [9.17, 15) is 4.79 Å². The van der Waals surface area contributed by atoms with Gasteiger partial charge in [-0.15, -0.1) is 0 Å². The molecule has 0 unspecified atom stereocenters. The number of anilines is 1. The third-order valence-electron chi connectivity index (χ3n) is 5.80. The average molecular weight is 372 g/mol. The van der Waals surface area contributed by atoms with Crippen molar-refractivity contribution in [3.8, 4) is 0 Å². The van der Waals surface area contributed by atoms with E-state index in [1.165, 1.54) is 20.0 Å². The highest BCUT2D eigenvalue weighted by Gasteiger charge is 2.36. The normalized spacial score (nSPS) is 23.4. The molecular formula is C20H28N4O3. The van der Waals surface area contributed by atoms with Crippen LogP contribution in [0, 0.1) is 0 Å². The van der Waals surface area contributed by atoms with E-state index in [4.69, 9.17) is 14.5 Å². The summed E-state index contributed by atoms with van der Waals surface area (Å²) in [5, 5.41) is 0. The highest BCUT2D eigenvalue weighted by atomic mass is 16.5. The fourth-order valence-corrected chi connectivity index (χ4v) is 4.41. The fourth-order valence-electron chi connectivity index (χ4n) is 4.41. The van der Waals surface area contributed by atoms with Gasteiger partial charge in [-0.25, -0.2) is 9.78 Å². The van der Waals surface area contributed by atoms with Gasteiger partial charge in [0.1, 0.15) is 0 Å². The van der Waals surface area contributed by atoms with Crippen molar-refractivity contribution >= 4 is 23.0 Å². The first kappa shape index (κ1) is 18.3. The molecule has 0 amide bonds. The van der Waals surface area contributed by atoms with Gasteiger partial charge in [-0.05, 0) is 24.6 Å². The van der Waals surface area contributed by atoms with Crippen LogP contribution in [0.15, 0.2) is 18.2 Å². The number of carbonyl (C=O) groups is 1. The standard InChI is InChI=1S/C20H28N4O3/c1-4-5-15-12-27-13-16-11-23(8-9-24(15)16)20-21-17-10-14(19(25)26-3)6-7-18(17)22(20)2/h6-7,10,15-16H,4-5,8-9,11-13H2,1-3H3/t15-,16+/m0/s1. The van der Waals surface area contributed by atoms with Crippen molar-refractivity contribution in [1.82, 2.24) is 14.5 Å². The van der Waals surface area contributed by atoms with Crippen LogP contribution >= 0.6 is 0 Å². The number of fused-ring (bicyclic) bond motifs is 2. The summed E-state index contributed by atoms with van der Waals surface area (Å²) in [7, 11) is 3.43. The van der Waals surface area contributed by atoms with Crippen LogP contribution in [0.25, 0.3) is 11.0 Å². The molecule has 0 N–H and O–H groups in total. The van der Waals surface area contributed by atoms with Crippen molar-refractivity contribution in [2.75, 3.05) is 44.9 Å². The number of rotatable bonds is 4. The number of morpholine rings is 1. The summed E-state index contributed by atoms with van der Waals surface area (Å²) in [5.41, 5.74) is 2.37. The van der Waals surface area contributed by atoms with Crippen LogP contribution < -0.4 is 4.90 Å². The van der Waals surface area contributed by atoms with Crippen LogP contribution in [0.2, 0.25) is 0 Å². The van der Waals surface area contributed by atoms with Gasteiger partial charge in [0.25, 0.3) is 0 Å². The minimum absolute atomic E-state index is 0.334. The van der Waals surface area contributed by atoms with E-state index in [0.717, 1.165) is 49.8 Å². The average Bonchev–Trinajstić information content (AvgIpc) is 3.03. The van der Waals surface area contributed by atoms with Gasteiger partial charge in [-0.1, -0.05) is 13.3 Å². The molecule has 146 valence electrons. The highest BCUT2D eigenvalue weighted by Crippen LogP contribution is 2.27. The molecule has 2 aliphatic heterocycles. The highest BCUT2D eigenvalue weighted by molar-refractivity contribution is 5.94. The molecule has 4 rings (SSSR count). The van der Waals surface area contributed by atoms with Crippen molar-refractivity contribution in [2.45, 2.75) is 31.8 Å². The Balaban J connectivity index is 1.58. The van der Waals surface area contributed by atoms with Crippen molar-refractivity contribution in [2.24, 2.45) is 7.05 Å². The Morgan fingerprint density at radius 2 is 2.19 bits per heavy atom. The predicted molar refractivity (Wildman–Crippen MR) is 104 cm³/mol. The van der Waals surface area contributed by atoms with Gasteiger partial charge >= 0.3 is 5.97 Å². The summed E-state index contributed by atoms with van der Waals surface area (Å²) < 4.78 is 12.8. The molecule has 3 heterocycles. The monoisotopic (exact) mass is 372 g/mol. The van der Waals surface area contributed by atoms with Gasteiger partial charge in [0.05, 0.1) is 43.0 Å². The van der Waals surface area contributed by atoms with Crippen molar-refractivity contribution < 1.29 is 14.3 Å². The van der Waals surface area contributed by atoms with E-state index in [2.05, 4.69) is 21.3 Å². The number of hydrogen-bond acceptors (Lipinski definition) is 6. The molecule has 0 saturated carbocycles. The number of piperazine rings is 1. The Kier molecular flexibility index (Phi) is 5.06. The molecule has 1 aromatic carbocycles. The number of hydrogen-bond donors (Lipinski definition) is 0. The lowest BCUT2D eigenvalue weighted by atomic mass is 10.0. The van der Waals surface area contributed by atoms with Gasteiger partial charge in [-0.2, -0.15) is 0 Å². The lowest BCUT2D eigenvalue weighted by Crippen LogP contribution is -2.62. The Morgan fingerprint density at radius 1 is 1.33 bits per heavy atom. The molecule has 0 bridgehead atoms. The number of esters is 1. The quantitative estimate of drug-likeness (QED) is 0.766. The summed E-state index contributed by atoms with van der Waals surface area (Å²) in [4.78, 5) is 21.6. The number of carbonyl (C=O) groups excluding carboxylic acids is 1. The second-order valence-corrected chi connectivity index (χ2v) is 7.48. The molecule has 7 nitrogen and oxygen atoms in total. The minimum Gasteiger partial charge on any atom is -0.465 e. The first-order chi connectivity index (χ1) is 13.1. The molecule has 2 fully saturated rings. The van der Waals surface area contributed by atoms with Gasteiger partial charge in [0.15, 0.2) is 0 Å². The number of aryl methyl sites for hydroxylation is 1. The van der Waals surface area contributed by atoms with E-state index < -0.39 is 0 Å². The third kappa shape index (κ3) is 3.30. The van der Waals surface area contributed by atoms with Crippen LogP contribution in [0.5, 0.6) is 0 Å². The van der Waals surface area contributed by atoms with E-state index in [1.54, 1.807) is 6.07 Å². The minimum atomic E-state index is -0.334. The Hall–Kier alpha value is -2.12. The number of ether oxygens (including phenoxy) is 2. The lowest BCUT2D eigenvalue weighted by molar-refractivity contribution is -0.0559. The summed E-state index contributed by atoms with van der Waals surface area (Å²) in [6.07, 6.45) is 2.38. The number of aromatic nitrogens is 2. The number of nitrogens with zero attached hydrogens (tertiary/aromatic N) is 4. The summed E-state index contributed by atoms with van der Waals surface area (Å²) >= 11 is 0. The van der Waals surface area contributed by atoms with Crippen molar-refractivity contribution in [3.63, 3.8) is 0 Å². The molecule has 0 aliphatic carbocycles. The SMILES string of the molecule is CCC[C@H]1COC[C@H]2CN(c3nc4cc(C(=O)OC)ccc4n3C)CCN12. The van der Waals surface area contributed by atoms with Crippen molar-refractivity contribution in [3.05, 3.63) is 23.8 Å². The zero-order valence-corrected chi connectivity index (χ0v) is 16.4. The predicted octanol–water partition coefficient (Wildman–Crippen LogP) is 2.05. The van der Waals surface area contributed by atoms with Gasteiger partial charge < -0.3 is 18.9 Å². The number of benzene rings is 1. The van der Waals surface area contributed by atoms with E-state index in [-0.39, 0.29) is 5.97 Å². The molecule has 2 saturated heterocycles. The van der Waals surface area contributed by atoms with Crippen LogP contribution in [0.3, 0.4) is 0 Å². The van der Waals surface area contributed by atoms with Gasteiger partial charge in [0, 0.05) is 32.7 Å². The van der Waals surface area contributed by atoms with Crippen molar-refractivity contribution in [1.29, 1.82) is 0 Å². The molecule has 2 aliphatic rings. The second-order valence-electron chi connectivity index (χ2n) is 7.48. The maximum Gasteiger partial charge on any atom is 0.337 e. The smallest absolute Gasteiger partial charge is 0.337 e. The number of methoxy groups -OCH3 is 1. The Morgan fingerprint density at radius 3 is 2.96 bits per heavy atom. The van der Waals surface area contributed by atoms with Crippen LogP contribution in [0.1, 0.15) is 30.1 Å². The van der Waals surface area contributed by atoms with Gasteiger partial charge in [0.2, 0.25) is 5.95 Å². The molecule has 1 aromatic heterocycles. The first-order valence-electron chi connectivity index (χ1n) is 9.75. The molecular weight excluding hydrogens is 344 g/mol. The Bertz CT molecular complexity index is 832. The molecule has 2 atom stereocenters. The summed E-state index contributed by atoms with van der Waals surface area (Å²) in [6.45, 7) is 6.79. The maximum atomic E-state index is 11.8. The first-order valence-corrected chi connectivity index (χ1v) is 9.75. The fraction of sp³-hybridized carbons (Fsp3) is 0.600. The molecule has 0 spiro atoms. The lowest BCUT2D eigenvalue weighted by Gasteiger charge is -2.48.